The lowest BCUT2D eigenvalue weighted by Gasteiger charge is -2.46. The molecule has 4 atom stereocenters. The highest BCUT2D eigenvalue weighted by atomic mass is 19.1. The fourth-order valence-electron chi connectivity index (χ4n) is 7.49. The van der Waals surface area contributed by atoms with Crippen molar-refractivity contribution in [2.75, 3.05) is 13.1 Å². The first-order valence-electron chi connectivity index (χ1n) is 16.6. The largest absolute Gasteiger partial charge is 0.447 e. The van der Waals surface area contributed by atoms with Crippen molar-refractivity contribution in [3.8, 4) is 17.2 Å². The third-order valence-corrected chi connectivity index (χ3v) is 9.56. The monoisotopic (exact) mass is 659 g/mol. The van der Waals surface area contributed by atoms with Gasteiger partial charge in [-0.05, 0) is 108 Å². The molecule has 0 radical (unpaired) electrons. The number of nitrogens with zero attached hydrogens (tertiary/aromatic N) is 3. The van der Waals surface area contributed by atoms with Gasteiger partial charge >= 0.3 is 18.2 Å². The topological polar surface area (TPSA) is 126 Å². The van der Waals surface area contributed by atoms with Crippen LogP contribution in [0.2, 0.25) is 0 Å². The van der Waals surface area contributed by atoms with E-state index in [1.54, 1.807) is 76.8 Å². The lowest BCUT2D eigenvalue weighted by atomic mass is 9.83. The Labute approximate surface area is 280 Å². The number of ether oxygens (including phenoxy) is 3. The van der Waals surface area contributed by atoms with E-state index in [-0.39, 0.29) is 43.7 Å². The van der Waals surface area contributed by atoms with Crippen LogP contribution >= 0.6 is 0 Å². The summed E-state index contributed by atoms with van der Waals surface area (Å²) in [5.41, 5.74) is 0.239. The second-order valence-corrected chi connectivity index (χ2v) is 15.5. The summed E-state index contributed by atoms with van der Waals surface area (Å²) in [7, 11) is 0. The van der Waals surface area contributed by atoms with Crippen LogP contribution in [0.25, 0.3) is 11.1 Å². The number of amides is 2. The van der Waals surface area contributed by atoms with E-state index in [1.165, 1.54) is 11.0 Å². The van der Waals surface area contributed by atoms with E-state index in [4.69, 9.17) is 14.2 Å². The van der Waals surface area contributed by atoms with E-state index in [9.17, 15) is 24.4 Å². The molecule has 11 heteroatoms. The number of benzene rings is 2. The molecule has 1 aliphatic carbocycles. The van der Waals surface area contributed by atoms with Gasteiger partial charge < -0.3 is 14.2 Å². The molecule has 2 aromatic rings. The Bertz CT molecular complexity index is 1710. The number of carbonyl (C=O) groups is 4. The Morgan fingerprint density at radius 2 is 1.65 bits per heavy atom. The second kappa shape index (κ2) is 11.9. The number of hydrogen-bond donors (Lipinski definition) is 0. The van der Waals surface area contributed by atoms with Crippen molar-refractivity contribution >= 4 is 23.9 Å². The smallest absolute Gasteiger partial charge is 0.411 e. The molecule has 2 saturated heterocycles. The minimum atomic E-state index is -0.984. The average molecular weight is 660 g/mol. The number of rotatable bonds is 6. The van der Waals surface area contributed by atoms with E-state index in [1.807, 2.05) is 0 Å². The van der Waals surface area contributed by atoms with Gasteiger partial charge in [0.15, 0.2) is 11.4 Å². The van der Waals surface area contributed by atoms with E-state index < -0.39 is 52.7 Å². The van der Waals surface area contributed by atoms with Crippen LogP contribution in [-0.2, 0) is 31.0 Å². The first-order valence-corrected chi connectivity index (χ1v) is 16.6. The molecule has 0 N–H and O–H groups in total. The van der Waals surface area contributed by atoms with Crippen LogP contribution in [0.15, 0.2) is 36.4 Å². The number of esters is 1. The number of hydrogen-bond acceptors (Lipinski definition) is 8. The molecule has 3 fully saturated rings. The predicted octanol–water partition coefficient (Wildman–Crippen LogP) is 6.54. The summed E-state index contributed by atoms with van der Waals surface area (Å²) in [5, 5.41) is 9.96. The van der Waals surface area contributed by atoms with Crippen LogP contribution in [-0.4, -0.2) is 70.1 Å². The third-order valence-electron chi connectivity index (χ3n) is 9.56. The molecule has 6 rings (SSSR count). The lowest BCUT2D eigenvalue weighted by molar-refractivity contribution is -0.126. The molecule has 1 saturated carbocycles. The van der Waals surface area contributed by atoms with Crippen LogP contribution in [0.5, 0.6) is 0 Å². The summed E-state index contributed by atoms with van der Waals surface area (Å²) in [6.45, 7) is 11.0. The molecule has 0 aromatic heterocycles. The molecule has 10 nitrogen and oxygen atoms in total. The SMILES string of the molecule is CC(C)(C)OC(=O)N1CC2(C1)OC(=O)c1ccc(-c3ccc(C[C@@H](C#N)CC(=O)[C@@H]4[C@H]5CC[C@H](C5)N4C(=O)OC(C)(C)C)c(F)c3)cc12. The summed E-state index contributed by atoms with van der Waals surface area (Å²) in [4.78, 5) is 54.8. The minimum Gasteiger partial charge on any atom is -0.447 e. The quantitative estimate of drug-likeness (QED) is 0.253. The number of piperidine rings is 1. The molecule has 2 amide bonds. The molecule has 2 bridgehead atoms. The lowest BCUT2D eigenvalue weighted by Crippen LogP contribution is -2.62. The van der Waals surface area contributed by atoms with Gasteiger partial charge in [0, 0.05) is 18.0 Å². The van der Waals surface area contributed by atoms with Crippen LogP contribution in [0, 0.1) is 29.0 Å². The molecule has 1 spiro atoms. The van der Waals surface area contributed by atoms with Crippen molar-refractivity contribution in [1.82, 2.24) is 9.80 Å². The van der Waals surface area contributed by atoms with Gasteiger partial charge in [0.25, 0.3) is 0 Å². The fraction of sp³-hybridized carbons (Fsp3) is 0.541. The van der Waals surface area contributed by atoms with Crippen LogP contribution in [0.1, 0.15) is 88.7 Å². The predicted molar refractivity (Wildman–Crippen MR) is 172 cm³/mol. The highest BCUT2D eigenvalue weighted by Gasteiger charge is 2.56. The van der Waals surface area contributed by atoms with Crippen molar-refractivity contribution in [1.29, 1.82) is 5.26 Å². The molecule has 254 valence electrons. The number of halogens is 1. The van der Waals surface area contributed by atoms with Gasteiger partial charge in [-0.3, -0.25) is 14.6 Å². The molecule has 48 heavy (non-hydrogen) atoms. The number of likely N-dealkylation sites (tertiary alicyclic amines) is 2. The van der Waals surface area contributed by atoms with Gasteiger partial charge in [-0.15, -0.1) is 0 Å². The first-order chi connectivity index (χ1) is 22.5. The normalized spacial score (nSPS) is 22.9. The second-order valence-electron chi connectivity index (χ2n) is 15.5. The molecule has 3 heterocycles. The van der Waals surface area contributed by atoms with Crippen molar-refractivity contribution in [2.45, 2.75) is 103 Å². The summed E-state index contributed by atoms with van der Waals surface area (Å²) in [6.07, 6.45) is 1.37. The molecule has 4 aliphatic rings. The Morgan fingerprint density at radius 3 is 2.29 bits per heavy atom. The summed E-state index contributed by atoms with van der Waals surface area (Å²) < 4.78 is 32.3. The van der Waals surface area contributed by atoms with Crippen molar-refractivity contribution in [2.24, 2.45) is 11.8 Å². The standard InChI is InChI=1S/C37H42FN3O7/c1-35(2,3)47-33(44)40-19-37(20-40)28-16-22(10-12-27(28)32(43)46-37)23-7-8-24(29(38)17-23)13-21(18-39)14-30(42)31-25-9-11-26(15-25)41(31)34(45)48-36(4,5)6/h7-8,10,12,16-17,21,25-26,31H,9,11,13-15,19-20H2,1-6H3/t21-,25+,26-,31+/m1/s1. The van der Waals surface area contributed by atoms with E-state index in [0.717, 1.165) is 19.3 Å². The maximum atomic E-state index is 15.6. The van der Waals surface area contributed by atoms with Gasteiger partial charge in [-0.25, -0.2) is 18.8 Å². The Morgan fingerprint density at radius 1 is 1.00 bits per heavy atom. The Kier molecular flexibility index (Phi) is 8.29. The van der Waals surface area contributed by atoms with Crippen LogP contribution < -0.4 is 0 Å². The van der Waals surface area contributed by atoms with Gasteiger partial charge in [-0.1, -0.05) is 18.2 Å². The number of Topliss-reactive ketones (excluding diaryl/α,β-unsaturated/α-hetero) is 1. The number of ketones is 1. The maximum absolute atomic E-state index is 15.6. The van der Waals surface area contributed by atoms with Crippen molar-refractivity contribution in [3.63, 3.8) is 0 Å². The van der Waals surface area contributed by atoms with Gasteiger partial charge in [0.2, 0.25) is 0 Å². The first kappa shape index (κ1) is 33.4. The van der Waals surface area contributed by atoms with Gasteiger partial charge in [0.05, 0.1) is 36.7 Å². The molecule has 3 aliphatic heterocycles. The van der Waals surface area contributed by atoms with Gasteiger partial charge in [-0.2, -0.15) is 5.26 Å². The van der Waals surface area contributed by atoms with Crippen molar-refractivity contribution in [3.05, 3.63) is 58.9 Å². The molecule has 2 aromatic carbocycles. The zero-order valence-electron chi connectivity index (χ0n) is 28.3. The Balaban J connectivity index is 1.14. The summed E-state index contributed by atoms with van der Waals surface area (Å²) in [5.74, 6) is -1.91. The fourth-order valence-corrected chi connectivity index (χ4v) is 7.49. The minimum absolute atomic E-state index is 0.0394. The van der Waals surface area contributed by atoms with E-state index in [2.05, 4.69) is 6.07 Å². The molecular weight excluding hydrogens is 617 g/mol. The highest BCUT2D eigenvalue weighted by molar-refractivity contribution is 5.96. The summed E-state index contributed by atoms with van der Waals surface area (Å²) in [6, 6.07) is 11.4. The summed E-state index contributed by atoms with van der Waals surface area (Å²) >= 11 is 0. The maximum Gasteiger partial charge on any atom is 0.411 e. The van der Waals surface area contributed by atoms with Crippen LogP contribution in [0.3, 0.4) is 0 Å². The van der Waals surface area contributed by atoms with E-state index >= 15 is 4.39 Å². The average Bonchev–Trinajstić information content (AvgIpc) is 3.67. The highest BCUT2D eigenvalue weighted by Crippen LogP contribution is 2.46. The number of nitriles is 1. The molecular formula is C37H42FN3O7. The number of fused-ring (bicyclic) bond motifs is 4. The molecule has 0 unspecified atom stereocenters. The van der Waals surface area contributed by atoms with Gasteiger partial charge in [0.1, 0.15) is 17.0 Å². The zero-order chi connectivity index (χ0) is 34.8. The Hall–Kier alpha value is -4.46. The third kappa shape index (κ3) is 6.37. The van der Waals surface area contributed by atoms with E-state index in [0.29, 0.717) is 27.8 Å². The van der Waals surface area contributed by atoms with Crippen molar-refractivity contribution < 1.29 is 37.8 Å². The zero-order valence-corrected chi connectivity index (χ0v) is 28.3. The number of carbonyl (C=O) groups excluding carboxylic acids is 4. The van der Waals surface area contributed by atoms with Crippen LogP contribution in [0.4, 0.5) is 14.0 Å².